The normalized spacial score (nSPS) is 16.2. The van der Waals surface area contributed by atoms with Crippen molar-refractivity contribution in [3.63, 3.8) is 0 Å². The molecule has 0 spiro atoms. The Morgan fingerprint density at radius 2 is 2.33 bits per heavy atom. The molecule has 0 atom stereocenters. The molecule has 1 aromatic rings. The molecule has 0 saturated carbocycles. The van der Waals surface area contributed by atoms with E-state index in [1.165, 1.54) is 11.1 Å². The molecule has 80 valence electrons. The molecule has 1 fully saturated rings. The second-order valence-electron chi connectivity index (χ2n) is 3.35. The minimum atomic E-state index is -0.931. The van der Waals surface area contributed by atoms with Crippen molar-refractivity contribution in [2.75, 3.05) is 18.8 Å². The second-order valence-corrected chi connectivity index (χ2v) is 3.73. The third kappa shape index (κ3) is 1.80. The molecule has 7 heteroatoms. The zero-order valence-corrected chi connectivity index (χ0v) is 8.48. The molecule has 0 aromatic carbocycles. The molecule has 1 aliphatic heterocycles. The highest BCUT2D eigenvalue weighted by molar-refractivity contribution is 6.29. The molecule has 0 radical (unpaired) electrons. The highest BCUT2D eigenvalue weighted by Crippen LogP contribution is 2.28. The molecular weight excluding hydrogens is 220 g/mol. The molecule has 1 aromatic heterocycles. The number of rotatable bonds is 1. The van der Waals surface area contributed by atoms with E-state index in [0.717, 1.165) is 0 Å². The summed E-state index contributed by atoms with van der Waals surface area (Å²) in [5.74, 6) is 0.321. The fourth-order valence-electron chi connectivity index (χ4n) is 1.50. The molecule has 1 amide bonds. The van der Waals surface area contributed by atoms with E-state index < -0.39 is 6.09 Å². The van der Waals surface area contributed by atoms with Crippen LogP contribution in [0.2, 0.25) is 5.15 Å². The van der Waals surface area contributed by atoms with Crippen LogP contribution >= 0.6 is 11.6 Å². The minimum Gasteiger partial charge on any atom is -0.465 e. The third-order valence-electron chi connectivity index (χ3n) is 2.34. The number of halogens is 1. The smallest absolute Gasteiger partial charge is 0.407 e. The van der Waals surface area contributed by atoms with E-state index in [-0.39, 0.29) is 11.1 Å². The van der Waals surface area contributed by atoms with Gasteiger partial charge in [-0.3, -0.25) is 0 Å². The summed E-state index contributed by atoms with van der Waals surface area (Å²) in [5, 5.41) is 8.93. The summed E-state index contributed by atoms with van der Waals surface area (Å²) < 4.78 is 0. The van der Waals surface area contributed by atoms with Crippen LogP contribution in [0.15, 0.2) is 6.20 Å². The van der Waals surface area contributed by atoms with E-state index in [1.54, 1.807) is 0 Å². The molecule has 1 aliphatic rings. The van der Waals surface area contributed by atoms with Crippen LogP contribution in [0.25, 0.3) is 0 Å². The van der Waals surface area contributed by atoms with Gasteiger partial charge in [-0.1, -0.05) is 11.6 Å². The maximum atomic E-state index is 10.5. The van der Waals surface area contributed by atoms with Crippen LogP contribution in [0, 0.1) is 0 Å². The van der Waals surface area contributed by atoms with Gasteiger partial charge >= 0.3 is 6.09 Å². The van der Waals surface area contributed by atoms with Gasteiger partial charge in [-0.2, -0.15) is 0 Å². The summed E-state index contributed by atoms with van der Waals surface area (Å²) in [7, 11) is 0. The average molecular weight is 229 g/mol. The lowest BCUT2D eigenvalue weighted by atomic mass is 9.96. The lowest BCUT2D eigenvalue weighted by Crippen LogP contribution is -2.48. The Bertz CT molecular complexity index is 406. The lowest BCUT2D eigenvalue weighted by Gasteiger charge is -2.36. The van der Waals surface area contributed by atoms with E-state index >= 15 is 0 Å². The molecule has 6 nitrogen and oxygen atoms in total. The summed E-state index contributed by atoms with van der Waals surface area (Å²) in [6.45, 7) is 0.795. The van der Waals surface area contributed by atoms with Crippen molar-refractivity contribution in [2.45, 2.75) is 5.92 Å². The molecule has 3 N–H and O–H groups in total. The van der Waals surface area contributed by atoms with Gasteiger partial charge in [0, 0.05) is 19.0 Å². The number of aromatic nitrogens is 2. The van der Waals surface area contributed by atoms with Crippen molar-refractivity contribution in [1.29, 1.82) is 0 Å². The first-order valence-corrected chi connectivity index (χ1v) is 4.71. The van der Waals surface area contributed by atoms with E-state index in [0.29, 0.717) is 24.6 Å². The van der Waals surface area contributed by atoms with E-state index in [2.05, 4.69) is 9.97 Å². The second kappa shape index (κ2) is 3.54. The number of nitrogens with zero attached hydrogens (tertiary/aromatic N) is 3. The Balaban J connectivity index is 2.12. The first kappa shape index (κ1) is 9.97. The molecule has 0 bridgehead atoms. The number of anilines is 1. The number of carbonyl (C=O) groups is 1. The monoisotopic (exact) mass is 228 g/mol. The zero-order valence-electron chi connectivity index (χ0n) is 7.72. The Kier molecular flexibility index (Phi) is 2.36. The fourth-order valence-corrected chi connectivity index (χ4v) is 1.64. The summed E-state index contributed by atoms with van der Waals surface area (Å²) in [4.78, 5) is 19.7. The van der Waals surface area contributed by atoms with Crippen molar-refractivity contribution in [1.82, 2.24) is 14.9 Å². The Hall–Kier alpha value is -1.56. The van der Waals surface area contributed by atoms with E-state index in [4.69, 9.17) is 22.4 Å². The van der Waals surface area contributed by atoms with Crippen LogP contribution in [-0.2, 0) is 0 Å². The summed E-state index contributed by atoms with van der Waals surface area (Å²) in [6, 6.07) is 0. The minimum absolute atomic E-state index is 0.00676. The largest absolute Gasteiger partial charge is 0.465 e. The highest BCUT2D eigenvalue weighted by Gasteiger charge is 2.34. The van der Waals surface area contributed by atoms with Crippen molar-refractivity contribution < 1.29 is 9.90 Å². The predicted octanol–water partition coefficient (Wildman–Crippen LogP) is 0.789. The first-order chi connectivity index (χ1) is 7.08. The highest BCUT2D eigenvalue weighted by atomic mass is 35.5. The van der Waals surface area contributed by atoms with Crippen LogP contribution < -0.4 is 5.73 Å². The molecule has 2 rings (SSSR count). The van der Waals surface area contributed by atoms with E-state index in [1.807, 2.05) is 0 Å². The van der Waals surface area contributed by atoms with Gasteiger partial charge in [0.25, 0.3) is 0 Å². The SMILES string of the molecule is Nc1ncc(Cl)nc1C1CN(C(=O)O)C1. The zero-order chi connectivity index (χ0) is 11.0. The van der Waals surface area contributed by atoms with Gasteiger partial charge in [0.05, 0.1) is 11.9 Å². The summed E-state index contributed by atoms with van der Waals surface area (Å²) in [5.41, 5.74) is 6.21. The van der Waals surface area contributed by atoms with Crippen LogP contribution in [-0.4, -0.2) is 39.2 Å². The Morgan fingerprint density at radius 1 is 1.67 bits per heavy atom. The number of amides is 1. The fraction of sp³-hybridized carbons (Fsp3) is 0.375. The number of nitrogens with two attached hydrogens (primary N) is 1. The van der Waals surface area contributed by atoms with Gasteiger partial charge in [0.1, 0.15) is 11.0 Å². The third-order valence-corrected chi connectivity index (χ3v) is 2.52. The van der Waals surface area contributed by atoms with Crippen molar-refractivity contribution in [3.8, 4) is 0 Å². The Morgan fingerprint density at radius 3 is 2.93 bits per heavy atom. The topological polar surface area (TPSA) is 92.3 Å². The number of likely N-dealkylation sites (tertiary alicyclic amines) is 1. The van der Waals surface area contributed by atoms with Crippen LogP contribution in [0.3, 0.4) is 0 Å². The molecular formula is C8H9ClN4O2. The van der Waals surface area contributed by atoms with Gasteiger partial charge in [-0.25, -0.2) is 14.8 Å². The van der Waals surface area contributed by atoms with E-state index in [9.17, 15) is 4.79 Å². The number of hydrogen-bond acceptors (Lipinski definition) is 4. The maximum Gasteiger partial charge on any atom is 0.407 e. The molecule has 0 unspecified atom stereocenters. The summed E-state index contributed by atoms with van der Waals surface area (Å²) >= 11 is 5.68. The van der Waals surface area contributed by atoms with Crippen molar-refractivity contribution in [2.24, 2.45) is 0 Å². The van der Waals surface area contributed by atoms with Crippen LogP contribution in [0.1, 0.15) is 11.6 Å². The average Bonchev–Trinajstić information content (AvgIpc) is 2.08. The molecule has 15 heavy (non-hydrogen) atoms. The first-order valence-electron chi connectivity index (χ1n) is 4.33. The van der Waals surface area contributed by atoms with Crippen LogP contribution in [0.5, 0.6) is 0 Å². The quantitative estimate of drug-likeness (QED) is 0.741. The summed E-state index contributed by atoms with van der Waals surface area (Å²) in [6.07, 6.45) is 0.438. The van der Waals surface area contributed by atoms with Gasteiger partial charge in [-0.15, -0.1) is 0 Å². The molecule has 1 saturated heterocycles. The number of hydrogen-bond donors (Lipinski definition) is 2. The van der Waals surface area contributed by atoms with Crippen molar-refractivity contribution >= 4 is 23.5 Å². The van der Waals surface area contributed by atoms with Gasteiger partial charge in [0.2, 0.25) is 0 Å². The predicted molar refractivity (Wildman–Crippen MR) is 53.8 cm³/mol. The maximum absolute atomic E-state index is 10.5. The standard InChI is InChI=1S/C8H9ClN4O2/c9-5-1-11-7(10)6(12-5)4-2-13(3-4)8(14)15/h1,4H,2-3H2,(H2,10,11)(H,14,15). The lowest BCUT2D eigenvalue weighted by molar-refractivity contribution is 0.104. The van der Waals surface area contributed by atoms with Gasteiger partial charge in [0.15, 0.2) is 0 Å². The Labute approximate surface area is 90.7 Å². The number of carboxylic acid groups (broad SMARTS) is 1. The van der Waals surface area contributed by atoms with Gasteiger partial charge < -0.3 is 15.7 Å². The number of nitrogen functional groups attached to an aromatic ring is 1. The van der Waals surface area contributed by atoms with Gasteiger partial charge in [-0.05, 0) is 0 Å². The van der Waals surface area contributed by atoms with Crippen LogP contribution in [0.4, 0.5) is 10.6 Å². The van der Waals surface area contributed by atoms with Crippen molar-refractivity contribution in [3.05, 3.63) is 17.0 Å². The molecule has 2 heterocycles. The molecule has 0 aliphatic carbocycles.